The van der Waals surface area contributed by atoms with E-state index in [1.165, 1.54) is 16.7 Å². The molecule has 98 valence electrons. The fourth-order valence-corrected chi connectivity index (χ4v) is 2.46. The van der Waals surface area contributed by atoms with Crippen LogP contribution in [0.2, 0.25) is 0 Å². The average molecular weight is 254 g/mol. The molecule has 3 nitrogen and oxygen atoms in total. The number of nitrogens with one attached hydrogen (secondary N) is 1. The number of morpholine rings is 1. The van der Waals surface area contributed by atoms with Gasteiger partial charge in [0.25, 0.3) is 0 Å². The molecule has 3 heteroatoms. The second-order valence-corrected chi connectivity index (χ2v) is 4.87. The van der Waals surface area contributed by atoms with Crippen molar-refractivity contribution in [2.75, 3.05) is 19.8 Å². The van der Waals surface area contributed by atoms with Crippen molar-refractivity contribution in [3.05, 3.63) is 54.4 Å². The van der Waals surface area contributed by atoms with Gasteiger partial charge >= 0.3 is 0 Å². The van der Waals surface area contributed by atoms with Crippen molar-refractivity contribution in [3.8, 4) is 11.1 Å². The highest BCUT2D eigenvalue weighted by atomic mass is 16.5. The first-order valence-corrected chi connectivity index (χ1v) is 6.72. The Morgan fingerprint density at radius 3 is 2.84 bits per heavy atom. The zero-order valence-corrected chi connectivity index (χ0v) is 10.9. The highest BCUT2D eigenvalue weighted by Crippen LogP contribution is 2.20. The van der Waals surface area contributed by atoms with Gasteiger partial charge in [-0.25, -0.2) is 0 Å². The molecular formula is C16H18N2O. The van der Waals surface area contributed by atoms with Crippen LogP contribution in [0.15, 0.2) is 48.8 Å². The van der Waals surface area contributed by atoms with Crippen molar-refractivity contribution >= 4 is 0 Å². The topological polar surface area (TPSA) is 34.1 Å². The predicted octanol–water partition coefficient (Wildman–Crippen LogP) is 2.28. The maximum Gasteiger partial charge on any atom is 0.0623 e. The first kappa shape index (κ1) is 12.3. The third-order valence-corrected chi connectivity index (χ3v) is 3.42. The Labute approximate surface area is 113 Å². The summed E-state index contributed by atoms with van der Waals surface area (Å²) in [6, 6.07) is 13.2. The summed E-state index contributed by atoms with van der Waals surface area (Å²) >= 11 is 0. The standard InChI is InChI=1S/C16H18N2O/c1-2-13(11-16-12-19-9-8-18-16)10-15(3-1)14-4-6-17-7-5-14/h1-7,10,16,18H,8-9,11-12H2. The van der Waals surface area contributed by atoms with Gasteiger partial charge in [0.15, 0.2) is 0 Å². The van der Waals surface area contributed by atoms with Crippen LogP contribution >= 0.6 is 0 Å². The lowest BCUT2D eigenvalue weighted by Crippen LogP contribution is -2.42. The van der Waals surface area contributed by atoms with Gasteiger partial charge in [-0.2, -0.15) is 0 Å². The molecule has 1 aliphatic heterocycles. The van der Waals surface area contributed by atoms with E-state index < -0.39 is 0 Å². The molecule has 1 fully saturated rings. The van der Waals surface area contributed by atoms with Crippen LogP contribution in [0, 0.1) is 0 Å². The number of hydrogen-bond donors (Lipinski definition) is 1. The second kappa shape index (κ2) is 5.95. The maximum atomic E-state index is 5.50. The summed E-state index contributed by atoms with van der Waals surface area (Å²) in [5.74, 6) is 0. The Kier molecular flexibility index (Phi) is 3.86. The van der Waals surface area contributed by atoms with Crippen molar-refractivity contribution in [1.82, 2.24) is 10.3 Å². The molecule has 0 saturated carbocycles. The summed E-state index contributed by atoms with van der Waals surface area (Å²) in [6.45, 7) is 2.59. The molecule has 0 aliphatic carbocycles. The second-order valence-electron chi connectivity index (χ2n) is 4.87. The van der Waals surface area contributed by atoms with E-state index in [0.717, 1.165) is 26.2 Å². The van der Waals surface area contributed by atoms with Crippen LogP contribution in [-0.4, -0.2) is 30.8 Å². The molecule has 1 aromatic carbocycles. The van der Waals surface area contributed by atoms with Gasteiger partial charge in [-0.3, -0.25) is 4.98 Å². The summed E-state index contributed by atoms with van der Waals surface area (Å²) in [5.41, 5.74) is 3.80. The number of hydrogen-bond acceptors (Lipinski definition) is 3. The first-order chi connectivity index (χ1) is 9.42. The fraction of sp³-hybridized carbons (Fsp3) is 0.312. The Morgan fingerprint density at radius 2 is 2.05 bits per heavy atom. The molecule has 0 spiro atoms. The summed E-state index contributed by atoms with van der Waals surface area (Å²) in [4.78, 5) is 4.06. The highest BCUT2D eigenvalue weighted by Gasteiger charge is 2.13. The third kappa shape index (κ3) is 3.19. The molecule has 0 radical (unpaired) electrons. The molecule has 1 N–H and O–H groups in total. The molecule has 1 aliphatic rings. The third-order valence-electron chi connectivity index (χ3n) is 3.42. The molecule has 0 amide bonds. The Balaban J connectivity index is 1.76. The van der Waals surface area contributed by atoms with Gasteiger partial charge < -0.3 is 10.1 Å². The molecule has 0 bridgehead atoms. The maximum absolute atomic E-state index is 5.50. The first-order valence-electron chi connectivity index (χ1n) is 6.72. The fourth-order valence-electron chi connectivity index (χ4n) is 2.46. The van der Waals surface area contributed by atoms with Crippen LogP contribution in [-0.2, 0) is 11.2 Å². The smallest absolute Gasteiger partial charge is 0.0623 e. The van der Waals surface area contributed by atoms with Gasteiger partial charge in [-0.1, -0.05) is 24.3 Å². The van der Waals surface area contributed by atoms with Crippen molar-refractivity contribution in [1.29, 1.82) is 0 Å². The number of nitrogens with zero attached hydrogens (tertiary/aromatic N) is 1. The normalized spacial score (nSPS) is 19.3. The van der Waals surface area contributed by atoms with E-state index in [0.29, 0.717) is 6.04 Å². The number of aromatic nitrogens is 1. The Bertz CT molecular complexity index is 521. The molecule has 1 unspecified atom stereocenters. The van der Waals surface area contributed by atoms with Crippen LogP contribution < -0.4 is 5.32 Å². The van der Waals surface area contributed by atoms with Crippen LogP contribution in [0.25, 0.3) is 11.1 Å². The molecular weight excluding hydrogens is 236 g/mol. The highest BCUT2D eigenvalue weighted by molar-refractivity contribution is 5.63. The summed E-state index contributed by atoms with van der Waals surface area (Å²) in [7, 11) is 0. The van der Waals surface area contributed by atoms with E-state index in [1.54, 1.807) is 0 Å². The molecule has 1 saturated heterocycles. The zero-order chi connectivity index (χ0) is 12.9. The van der Waals surface area contributed by atoms with Crippen LogP contribution in [0.3, 0.4) is 0 Å². The van der Waals surface area contributed by atoms with Crippen molar-refractivity contribution in [2.45, 2.75) is 12.5 Å². The Hall–Kier alpha value is -1.71. The van der Waals surface area contributed by atoms with Crippen molar-refractivity contribution < 1.29 is 4.74 Å². The van der Waals surface area contributed by atoms with E-state index in [2.05, 4.69) is 34.6 Å². The lowest BCUT2D eigenvalue weighted by Gasteiger charge is -2.24. The number of ether oxygens (including phenoxy) is 1. The predicted molar refractivity (Wildman–Crippen MR) is 76.0 cm³/mol. The number of pyridine rings is 1. The lowest BCUT2D eigenvalue weighted by molar-refractivity contribution is 0.0770. The van der Waals surface area contributed by atoms with E-state index >= 15 is 0 Å². The molecule has 1 aromatic heterocycles. The minimum atomic E-state index is 0.432. The molecule has 1 atom stereocenters. The lowest BCUT2D eigenvalue weighted by atomic mass is 10.00. The van der Waals surface area contributed by atoms with Gasteiger partial charge in [0.1, 0.15) is 0 Å². The summed E-state index contributed by atoms with van der Waals surface area (Å²) < 4.78 is 5.50. The van der Waals surface area contributed by atoms with Crippen LogP contribution in [0.5, 0.6) is 0 Å². The van der Waals surface area contributed by atoms with Crippen molar-refractivity contribution in [2.24, 2.45) is 0 Å². The van der Waals surface area contributed by atoms with E-state index in [9.17, 15) is 0 Å². The average Bonchev–Trinajstić information content (AvgIpc) is 2.49. The monoisotopic (exact) mass is 254 g/mol. The summed E-state index contributed by atoms with van der Waals surface area (Å²) in [5, 5.41) is 3.49. The quantitative estimate of drug-likeness (QED) is 0.912. The number of benzene rings is 1. The van der Waals surface area contributed by atoms with E-state index in [-0.39, 0.29) is 0 Å². The van der Waals surface area contributed by atoms with Gasteiger partial charge in [0.2, 0.25) is 0 Å². The number of rotatable bonds is 3. The van der Waals surface area contributed by atoms with E-state index in [1.807, 2.05) is 24.5 Å². The Morgan fingerprint density at radius 1 is 1.16 bits per heavy atom. The molecule has 2 aromatic rings. The largest absolute Gasteiger partial charge is 0.379 e. The zero-order valence-electron chi connectivity index (χ0n) is 10.9. The van der Waals surface area contributed by atoms with Crippen LogP contribution in [0.1, 0.15) is 5.56 Å². The summed E-state index contributed by atoms with van der Waals surface area (Å²) in [6.07, 6.45) is 4.68. The van der Waals surface area contributed by atoms with Gasteiger partial charge in [-0.05, 0) is 35.2 Å². The van der Waals surface area contributed by atoms with Gasteiger partial charge in [-0.15, -0.1) is 0 Å². The van der Waals surface area contributed by atoms with Gasteiger partial charge in [0, 0.05) is 25.0 Å². The SMILES string of the molecule is c1cc(CC2COCCN2)cc(-c2ccncc2)c1. The van der Waals surface area contributed by atoms with Crippen LogP contribution in [0.4, 0.5) is 0 Å². The molecule has 3 rings (SSSR count). The minimum absolute atomic E-state index is 0.432. The van der Waals surface area contributed by atoms with E-state index in [4.69, 9.17) is 4.74 Å². The minimum Gasteiger partial charge on any atom is -0.379 e. The molecule has 19 heavy (non-hydrogen) atoms. The van der Waals surface area contributed by atoms with Crippen molar-refractivity contribution in [3.63, 3.8) is 0 Å². The van der Waals surface area contributed by atoms with Gasteiger partial charge in [0.05, 0.1) is 13.2 Å². The molecule has 2 heterocycles.